The predicted octanol–water partition coefficient (Wildman–Crippen LogP) is 0.339. The molecule has 114 valence electrons. The number of imide groups is 1. The van der Waals surface area contributed by atoms with Crippen LogP contribution in [0, 0.1) is 11.8 Å². The summed E-state index contributed by atoms with van der Waals surface area (Å²) < 4.78 is 10.9. The van der Waals surface area contributed by atoms with E-state index in [1.165, 1.54) is 4.90 Å². The molecule has 21 heavy (non-hydrogen) atoms. The molecule has 4 saturated heterocycles. The van der Waals surface area contributed by atoms with Crippen LogP contribution in [0.2, 0.25) is 0 Å². The normalized spacial score (nSPS) is 40.9. The Morgan fingerprint density at radius 3 is 2.86 bits per heavy atom. The molecule has 7 nitrogen and oxygen atoms in total. The summed E-state index contributed by atoms with van der Waals surface area (Å²) in [7, 11) is 0. The molecule has 0 unspecified atom stereocenters. The van der Waals surface area contributed by atoms with Crippen LogP contribution in [-0.2, 0) is 19.1 Å². The van der Waals surface area contributed by atoms with E-state index in [1.807, 2.05) is 6.92 Å². The van der Waals surface area contributed by atoms with E-state index in [4.69, 9.17) is 9.47 Å². The van der Waals surface area contributed by atoms with Crippen molar-refractivity contribution in [3.8, 4) is 0 Å². The van der Waals surface area contributed by atoms with Gasteiger partial charge in [0.05, 0.1) is 12.5 Å². The highest BCUT2D eigenvalue weighted by molar-refractivity contribution is 5.98. The van der Waals surface area contributed by atoms with Crippen molar-refractivity contribution in [1.29, 1.82) is 0 Å². The van der Waals surface area contributed by atoms with Gasteiger partial charge in [0, 0.05) is 12.5 Å². The lowest BCUT2D eigenvalue weighted by atomic mass is 9.77. The van der Waals surface area contributed by atoms with Crippen molar-refractivity contribution in [3.05, 3.63) is 0 Å². The van der Waals surface area contributed by atoms with E-state index in [1.54, 1.807) is 4.90 Å². The van der Waals surface area contributed by atoms with Crippen LogP contribution in [0.4, 0.5) is 4.79 Å². The molecule has 4 fully saturated rings. The van der Waals surface area contributed by atoms with Crippen LogP contribution in [0.15, 0.2) is 0 Å². The van der Waals surface area contributed by atoms with Crippen molar-refractivity contribution in [2.45, 2.75) is 38.0 Å². The fourth-order valence-electron chi connectivity index (χ4n) is 4.42. The zero-order valence-corrected chi connectivity index (χ0v) is 11.9. The molecular formula is C14H18N2O5. The Kier molecular flexibility index (Phi) is 2.61. The van der Waals surface area contributed by atoms with Gasteiger partial charge in [-0.05, 0) is 19.3 Å². The van der Waals surface area contributed by atoms with E-state index in [9.17, 15) is 14.4 Å². The highest BCUT2D eigenvalue weighted by Gasteiger charge is 2.71. The minimum absolute atomic E-state index is 0.00685. The second-order valence-corrected chi connectivity index (χ2v) is 6.13. The molecule has 4 aliphatic heterocycles. The fourth-order valence-corrected chi connectivity index (χ4v) is 4.42. The zero-order chi connectivity index (χ0) is 14.8. The summed E-state index contributed by atoms with van der Waals surface area (Å²) in [6.07, 6.45) is 1.09. The van der Waals surface area contributed by atoms with E-state index in [2.05, 4.69) is 0 Å². The summed E-state index contributed by atoms with van der Waals surface area (Å²) in [5, 5.41) is 0. The number of cyclic esters (lactones) is 1. The number of ether oxygens (including phenoxy) is 2. The topological polar surface area (TPSA) is 76.2 Å². The third-order valence-corrected chi connectivity index (χ3v) is 5.28. The molecule has 7 heteroatoms. The number of amides is 3. The molecule has 4 aliphatic rings. The van der Waals surface area contributed by atoms with Crippen LogP contribution in [0.5, 0.6) is 0 Å². The highest BCUT2D eigenvalue weighted by Crippen LogP contribution is 2.56. The van der Waals surface area contributed by atoms with Crippen molar-refractivity contribution >= 4 is 17.9 Å². The average Bonchev–Trinajstić information content (AvgIpc) is 3.18. The first-order valence-electron chi connectivity index (χ1n) is 7.57. The van der Waals surface area contributed by atoms with Crippen LogP contribution in [0.1, 0.15) is 26.2 Å². The molecule has 4 atom stereocenters. The Hall–Kier alpha value is -1.63. The molecular weight excluding hydrogens is 276 g/mol. The second-order valence-electron chi connectivity index (χ2n) is 6.13. The summed E-state index contributed by atoms with van der Waals surface area (Å²) >= 11 is 0. The average molecular weight is 294 g/mol. The monoisotopic (exact) mass is 294 g/mol. The Balaban J connectivity index is 1.71. The Morgan fingerprint density at radius 2 is 2.19 bits per heavy atom. The number of hydrogen-bond donors (Lipinski definition) is 0. The van der Waals surface area contributed by atoms with Crippen molar-refractivity contribution in [2.75, 3.05) is 19.7 Å². The summed E-state index contributed by atoms with van der Waals surface area (Å²) in [5.74, 6) is -0.829. The molecule has 3 amide bonds. The molecule has 1 spiro atoms. The van der Waals surface area contributed by atoms with E-state index < -0.39 is 23.8 Å². The highest BCUT2D eigenvalue weighted by atomic mass is 16.6. The maximum Gasteiger partial charge on any atom is 0.416 e. The lowest BCUT2D eigenvalue weighted by molar-refractivity contribution is -0.151. The van der Waals surface area contributed by atoms with Gasteiger partial charge < -0.3 is 14.4 Å². The quantitative estimate of drug-likeness (QED) is 0.734. The van der Waals surface area contributed by atoms with Gasteiger partial charge in [0.15, 0.2) is 5.72 Å². The number of carbonyl (C=O) groups is 3. The Bertz CT molecular complexity index is 535. The maximum absolute atomic E-state index is 12.9. The molecule has 2 bridgehead atoms. The van der Waals surface area contributed by atoms with Gasteiger partial charge in [-0.1, -0.05) is 6.92 Å². The number of carbonyl (C=O) groups excluding carboxylic acids is 3. The van der Waals surface area contributed by atoms with E-state index in [0.717, 1.165) is 6.42 Å². The molecule has 0 N–H and O–H groups in total. The molecule has 0 aromatic rings. The number of fused-ring (bicyclic) bond motifs is 1. The third-order valence-electron chi connectivity index (χ3n) is 5.28. The first-order valence-corrected chi connectivity index (χ1v) is 7.57. The number of hydrogen-bond acceptors (Lipinski definition) is 5. The van der Waals surface area contributed by atoms with Crippen LogP contribution < -0.4 is 0 Å². The van der Waals surface area contributed by atoms with E-state index >= 15 is 0 Å². The fraction of sp³-hybridized carbons (Fsp3) is 0.786. The van der Waals surface area contributed by atoms with Gasteiger partial charge in [-0.3, -0.25) is 9.59 Å². The molecule has 0 saturated carbocycles. The summed E-state index contributed by atoms with van der Waals surface area (Å²) in [6, 6.07) is 0. The molecule has 0 aromatic heterocycles. The Morgan fingerprint density at radius 1 is 1.38 bits per heavy atom. The predicted molar refractivity (Wildman–Crippen MR) is 68.9 cm³/mol. The summed E-state index contributed by atoms with van der Waals surface area (Å²) in [5.41, 5.74) is -0.817. The van der Waals surface area contributed by atoms with Crippen molar-refractivity contribution in [1.82, 2.24) is 9.80 Å². The molecule has 4 rings (SSSR count). The van der Waals surface area contributed by atoms with Gasteiger partial charge in [-0.15, -0.1) is 0 Å². The minimum Gasteiger partial charge on any atom is -0.447 e. The Labute approximate surface area is 122 Å². The van der Waals surface area contributed by atoms with Gasteiger partial charge in [0.1, 0.15) is 12.7 Å². The van der Waals surface area contributed by atoms with Gasteiger partial charge in [-0.25, -0.2) is 9.69 Å². The largest absolute Gasteiger partial charge is 0.447 e. The van der Waals surface area contributed by atoms with E-state index in [-0.39, 0.29) is 24.3 Å². The number of piperidine rings is 1. The molecule has 4 heterocycles. The van der Waals surface area contributed by atoms with Crippen molar-refractivity contribution in [2.24, 2.45) is 11.8 Å². The van der Waals surface area contributed by atoms with Gasteiger partial charge >= 0.3 is 6.09 Å². The van der Waals surface area contributed by atoms with Crippen LogP contribution >= 0.6 is 0 Å². The maximum atomic E-state index is 12.9. The molecule has 0 radical (unpaired) electrons. The van der Waals surface area contributed by atoms with E-state index in [0.29, 0.717) is 25.9 Å². The summed E-state index contributed by atoms with van der Waals surface area (Å²) in [4.78, 5) is 39.8. The first kappa shape index (κ1) is 13.1. The summed E-state index contributed by atoms with van der Waals surface area (Å²) in [6.45, 7) is 3.13. The van der Waals surface area contributed by atoms with Crippen molar-refractivity contribution < 1.29 is 23.9 Å². The minimum atomic E-state index is -0.817. The first-order chi connectivity index (χ1) is 10.1. The molecule has 0 aliphatic carbocycles. The van der Waals surface area contributed by atoms with Gasteiger partial charge in [0.2, 0.25) is 5.91 Å². The molecule has 0 aromatic carbocycles. The third kappa shape index (κ3) is 1.44. The second kappa shape index (κ2) is 4.19. The lowest BCUT2D eigenvalue weighted by Crippen LogP contribution is -2.58. The lowest BCUT2D eigenvalue weighted by Gasteiger charge is -2.39. The van der Waals surface area contributed by atoms with Crippen LogP contribution in [0.25, 0.3) is 0 Å². The SMILES string of the molecule is CC[C@@H]1[C@@H](C(=O)N2CCOC2=O)[C@@]23CCCN2C(=O)[C@@H]1O3. The van der Waals surface area contributed by atoms with Crippen LogP contribution in [-0.4, -0.2) is 59.2 Å². The van der Waals surface area contributed by atoms with Crippen LogP contribution in [0.3, 0.4) is 0 Å². The van der Waals surface area contributed by atoms with Gasteiger partial charge in [0.25, 0.3) is 5.91 Å². The standard InChI is InChI=1S/C14H18N2O5/c1-2-8-9(11(17)15-6-7-20-13(15)19)14-4-3-5-16(14)12(18)10(8)21-14/h8-10H,2-7H2,1H3/t8-,9+,10-,14+/m1/s1. The van der Waals surface area contributed by atoms with Crippen molar-refractivity contribution in [3.63, 3.8) is 0 Å². The number of rotatable bonds is 2. The van der Waals surface area contributed by atoms with Gasteiger partial charge in [-0.2, -0.15) is 0 Å². The smallest absolute Gasteiger partial charge is 0.416 e. The zero-order valence-electron chi connectivity index (χ0n) is 11.9. The number of nitrogens with zero attached hydrogens (tertiary/aromatic N) is 2.